The summed E-state index contributed by atoms with van der Waals surface area (Å²) >= 11 is 0. The monoisotopic (exact) mass is 279 g/mol. The number of hydrogen-bond donors (Lipinski definition) is 1. The number of hydrogen-bond acceptors (Lipinski definition) is 2. The van der Waals surface area contributed by atoms with Gasteiger partial charge in [0.15, 0.2) is 0 Å². The molecule has 1 heterocycles. The van der Waals surface area contributed by atoms with Gasteiger partial charge in [0.25, 0.3) is 0 Å². The smallest absolute Gasteiger partial charge is 0.106 e. The Labute approximate surface area is 125 Å². The molecule has 0 fully saturated rings. The van der Waals surface area contributed by atoms with E-state index in [0.29, 0.717) is 0 Å². The van der Waals surface area contributed by atoms with Gasteiger partial charge in [-0.3, -0.25) is 0 Å². The maximum Gasteiger partial charge on any atom is 0.106 e. The minimum atomic E-state index is 0.178. The molecule has 0 radical (unpaired) electrons. The molecule has 0 saturated heterocycles. The van der Waals surface area contributed by atoms with Crippen LogP contribution in [-0.4, -0.2) is 6.54 Å². The van der Waals surface area contributed by atoms with Gasteiger partial charge in [-0.1, -0.05) is 43.3 Å². The van der Waals surface area contributed by atoms with E-state index in [-0.39, 0.29) is 6.04 Å². The van der Waals surface area contributed by atoms with E-state index in [1.54, 1.807) is 0 Å². The second-order valence-electron chi connectivity index (χ2n) is 5.47. The van der Waals surface area contributed by atoms with Crippen molar-refractivity contribution < 1.29 is 4.42 Å². The third kappa shape index (κ3) is 2.72. The van der Waals surface area contributed by atoms with Crippen molar-refractivity contribution in [2.24, 2.45) is 0 Å². The first-order valence-corrected chi connectivity index (χ1v) is 7.48. The molecule has 21 heavy (non-hydrogen) atoms. The third-order valence-electron chi connectivity index (χ3n) is 3.91. The fraction of sp³-hybridized carbons (Fsp3) is 0.263. The second-order valence-corrected chi connectivity index (χ2v) is 5.47. The zero-order chi connectivity index (χ0) is 14.8. The Morgan fingerprint density at radius 2 is 1.76 bits per heavy atom. The zero-order valence-electron chi connectivity index (χ0n) is 12.8. The standard InChI is InChI=1S/C19H21NO/c1-4-20-19(18-11-13(2)21-14(18)3)17-10-9-15-7-5-6-8-16(15)12-17/h5-12,19-20H,4H2,1-3H3. The number of furan rings is 1. The lowest BCUT2D eigenvalue weighted by Crippen LogP contribution is -2.22. The first kappa shape index (κ1) is 13.9. The quantitative estimate of drug-likeness (QED) is 0.745. The van der Waals surface area contributed by atoms with E-state index in [9.17, 15) is 0 Å². The molecule has 1 unspecified atom stereocenters. The molecule has 3 aromatic rings. The van der Waals surface area contributed by atoms with Gasteiger partial charge in [-0.15, -0.1) is 0 Å². The molecule has 108 valence electrons. The van der Waals surface area contributed by atoms with Gasteiger partial charge >= 0.3 is 0 Å². The molecular weight excluding hydrogens is 258 g/mol. The highest BCUT2D eigenvalue weighted by atomic mass is 16.3. The highest BCUT2D eigenvalue weighted by Gasteiger charge is 2.18. The number of benzene rings is 2. The molecule has 2 heteroatoms. The van der Waals surface area contributed by atoms with Crippen molar-refractivity contribution in [1.29, 1.82) is 0 Å². The summed E-state index contributed by atoms with van der Waals surface area (Å²) in [5.74, 6) is 1.96. The molecule has 0 aliphatic carbocycles. The van der Waals surface area contributed by atoms with E-state index in [4.69, 9.17) is 4.42 Å². The Morgan fingerprint density at radius 3 is 2.43 bits per heavy atom. The molecule has 0 spiro atoms. The van der Waals surface area contributed by atoms with Crippen molar-refractivity contribution in [3.8, 4) is 0 Å². The zero-order valence-corrected chi connectivity index (χ0v) is 12.8. The maximum absolute atomic E-state index is 5.71. The average molecular weight is 279 g/mol. The van der Waals surface area contributed by atoms with Crippen molar-refractivity contribution in [1.82, 2.24) is 5.32 Å². The molecule has 2 aromatic carbocycles. The van der Waals surface area contributed by atoms with E-state index < -0.39 is 0 Å². The van der Waals surface area contributed by atoms with E-state index in [2.05, 4.69) is 60.8 Å². The lowest BCUT2D eigenvalue weighted by molar-refractivity contribution is 0.495. The molecule has 0 aliphatic rings. The summed E-state index contributed by atoms with van der Waals surface area (Å²) in [4.78, 5) is 0. The number of aryl methyl sites for hydroxylation is 2. The molecule has 1 aromatic heterocycles. The first-order valence-electron chi connectivity index (χ1n) is 7.48. The molecule has 3 rings (SSSR count). The summed E-state index contributed by atoms with van der Waals surface area (Å²) in [6, 6.07) is 17.5. The maximum atomic E-state index is 5.71. The van der Waals surface area contributed by atoms with Gasteiger partial charge in [0.2, 0.25) is 0 Å². The SMILES string of the molecule is CCNC(c1ccc2ccccc2c1)c1cc(C)oc1C. The third-order valence-corrected chi connectivity index (χ3v) is 3.91. The predicted molar refractivity (Wildman–Crippen MR) is 87.6 cm³/mol. The van der Waals surface area contributed by atoms with Crippen LogP contribution in [0.3, 0.4) is 0 Å². The Bertz CT molecular complexity index is 757. The molecule has 0 amide bonds. The van der Waals surface area contributed by atoms with Gasteiger partial charge in [0, 0.05) is 5.56 Å². The Kier molecular flexibility index (Phi) is 3.80. The minimum Gasteiger partial charge on any atom is -0.466 e. The van der Waals surface area contributed by atoms with Crippen LogP contribution in [0.2, 0.25) is 0 Å². The van der Waals surface area contributed by atoms with Gasteiger partial charge in [0.05, 0.1) is 6.04 Å². The largest absolute Gasteiger partial charge is 0.466 e. The van der Waals surface area contributed by atoms with Crippen molar-refractivity contribution in [3.05, 3.63) is 71.2 Å². The van der Waals surface area contributed by atoms with Gasteiger partial charge < -0.3 is 9.73 Å². The van der Waals surface area contributed by atoms with Crippen LogP contribution in [0, 0.1) is 13.8 Å². The highest BCUT2D eigenvalue weighted by Crippen LogP contribution is 2.29. The minimum absolute atomic E-state index is 0.178. The number of rotatable bonds is 4. The number of fused-ring (bicyclic) bond motifs is 1. The van der Waals surface area contributed by atoms with Crippen LogP contribution in [0.15, 0.2) is 52.9 Å². The Hall–Kier alpha value is -2.06. The van der Waals surface area contributed by atoms with E-state index in [0.717, 1.165) is 18.1 Å². The second kappa shape index (κ2) is 5.74. The van der Waals surface area contributed by atoms with Gasteiger partial charge in [-0.2, -0.15) is 0 Å². The van der Waals surface area contributed by atoms with E-state index in [1.165, 1.54) is 21.9 Å². The van der Waals surface area contributed by atoms with Crippen LogP contribution in [0.1, 0.15) is 35.6 Å². The molecule has 1 atom stereocenters. The van der Waals surface area contributed by atoms with E-state index in [1.807, 2.05) is 13.8 Å². The summed E-state index contributed by atoms with van der Waals surface area (Å²) in [6.45, 7) is 7.09. The van der Waals surface area contributed by atoms with Crippen LogP contribution < -0.4 is 5.32 Å². The molecular formula is C19H21NO. The van der Waals surface area contributed by atoms with Gasteiger partial charge in [-0.05, 0) is 48.9 Å². The predicted octanol–water partition coefficient (Wildman–Crippen LogP) is 4.75. The molecule has 0 bridgehead atoms. The summed E-state index contributed by atoms with van der Waals surface area (Å²) in [6.07, 6.45) is 0. The number of nitrogens with one attached hydrogen (secondary N) is 1. The van der Waals surface area contributed by atoms with E-state index >= 15 is 0 Å². The molecule has 0 saturated carbocycles. The van der Waals surface area contributed by atoms with Crippen molar-refractivity contribution in [2.45, 2.75) is 26.8 Å². The van der Waals surface area contributed by atoms with Crippen LogP contribution in [-0.2, 0) is 0 Å². The Morgan fingerprint density at radius 1 is 1.00 bits per heavy atom. The highest BCUT2D eigenvalue weighted by molar-refractivity contribution is 5.83. The first-order chi connectivity index (χ1) is 10.2. The fourth-order valence-electron chi connectivity index (χ4n) is 2.94. The van der Waals surface area contributed by atoms with Crippen molar-refractivity contribution in [2.75, 3.05) is 6.54 Å². The van der Waals surface area contributed by atoms with Crippen molar-refractivity contribution in [3.63, 3.8) is 0 Å². The van der Waals surface area contributed by atoms with Gasteiger partial charge in [0.1, 0.15) is 11.5 Å². The average Bonchev–Trinajstić information content (AvgIpc) is 2.83. The van der Waals surface area contributed by atoms with Crippen LogP contribution in [0.4, 0.5) is 0 Å². The topological polar surface area (TPSA) is 25.2 Å². The fourth-order valence-corrected chi connectivity index (χ4v) is 2.94. The van der Waals surface area contributed by atoms with Crippen LogP contribution in [0.25, 0.3) is 10.8 Å². The summed E-state index contributed by atoms with van der Waals surface area (Å²) in [5.41, 5.74) is 2.50. The normalized spacial score (nSPS) is 12.7. The Balaban J connectivity index is 2.08. The summed E-state index contributed by atoms with van der Waals surface area (Å²) in [5, 5.41) is 6.12. The van der Waals surface area contributed by atoms with Crippen LogP contribution >= 0.6 is 0 Å². The molecule has 2 nitrogen and oxygen atoms in total. The molecule has 1 N–H and O–H groups in total. The summed E-state index contributed by atoms with van der Waals surface area (Å²) < 4.78 is 5.71. The van der Waals surface area contributed by atoms with Crippen LogP contribution in [0.5, 0.6) is 0 Å². The summed E-state index contributed by atoms with van der Waals surface area (Å²) in [7, 11) is 0. The lowest BCUT2D eigenvalue weighted by Gasteiger charge is -2.18. The van der Waals surface area contributed by atoms with Crippen molar-refractivity contribution >= 4 is 10.8 Å². The molecule has 0 aliphatic heterocycles. The lowest BCUT2D eigenvalue weighted by atomic mass is 9.96. The van der Waals surface area contributed by atoms with Gasteiger partial charge in [-0.25, -0.2) is 0 Å².